The van der Waals surface area contributed by atoms with Crippen molar-refractivity contribution in [1.82, 2.24) is 4.90 Å². The summed E-state index contributed by atoms with van der Waals surface area (Å²) in [5, 5.41) is 0. The molecule has 1 atom stereocenters. The SMILES string of the molecule is C=C(C)C(=O)OCCN(CCOC(=O)C(=C)C)C(=O)C(C)(C)CSCC(COC)OC. The highest BCUT2D eigenvalue weighted by Crippen LogP contribution is 2.25. The normalized spacial score (nSPS) is 12.1. The summed E-state index contributed by atoms with van der Waals surface area (Å²) in [4.78, 5) is 38.0. The van der Waals surface area contributed by atoms with Gasteiger partial charge in [-0.3, -0.25) is 4.79 Å². The van der Waals surface area contributed by atoms with Crippen LogP contribution < -0.4 is 0 Å². The standard InChI is InChI=1S/C22H37NO7S/c1-16(2)19(24)29-11-9-23(10-12-30-20(25)17(3)4)21(26)22(5,6)15-31-14-18(28-8)13-27-7/h18H,1,3,9-15H2,2,4-8H3. The molecule has 9 heteroatoms. The Kier molecular flexibility index (Phi) is 14.2. The Hall–Kier alpha value is -1.84. The van der Waals surface area contributed by atoms with Crippen LogP contribution in [0.4, 0.5) is 0 Å². The minimum absolute atomic E-state index is 0.0225. The van der Waals surface area contributed by atoms with Gasteiger partial charge < -0.3 is 23.8 Å². The number of hydrogen-bond acceptors (Lipinski definition) is 8. The summed E-state index contributed by atoms with van der Waals surface area (Å²) in [5.41, 5.74) is -0.116. The van der Waals surface area contributed by atoms with Crippen LogP contribution in [0.1, 0.15) is 27.7 Å². The molecule has 0 aliphatic carbocycles. The maximum absolute atomic E-state index is 13.2. The fraction of sp³-hybridized carbons (Fsp3) is 0.682. The molecule has 8 nitrogen and oxygen atoms in total. The van der Waals surface area contributed by atoms with Gasteiger partial charge >= 0.3 is 11.9 Å². The summed E-state index contributed by atoms with van der Waals surface area (Å²) in [5.74, 6) is 0.0917. The second kappa shape index (κ2) is 15.0. The molecule has 0 bridgehead atoms. The molecule has 178 valence electrons. The van der Waals surface area contributed by atoms with E-state index in [4.69, 9.17) is 18.9 Å². The first-order valence-electron chi connectivity index (χ1n) is 10.00. The molecular weight excluding hydrogens is 422 g/mol. The third-order valence-electron chi connectivity index (χ3n) is 4.20. The summed E-state index contributed by atoms with van der Waals surface area (Å²) >= 11 is 1.60. The van der Waals surface area contributed by atoms with Crippen molar-refractivity contribution in [2.24, 2.45) is 5.41 Å². The number of amides is 1. The molecule has 0 rings (SSSR count). The topological polar surface area (TPSA) is 91.4 Å². The predicted octanol–water partition coefficient (Wildman–Crippen LogP) is 2.47. The number of carbonyl (C=O) groups excluding carboxylic acids is 3. The second-order valence-corrected chi connectivity index (χ2v) is 8.87. The van der Waals surface area contributed by atoms with E-state index in [2.05, 4.69) is 13.2 Å². The zero-order valence-electron chi connectivity index (χ0n) is 19.7. The molecule has 0 saturated carbocycles. The number of ether oxygens (including phenoxy) is 4. The summed E-state index contributed by atoms with van der Waals surface area (Å²) in [6, 6.07) is 0. The second-order valence-electron chi connectivity index (χ2n) is 7.84. The number of esters is 2. The monoisotopic (exact) mass is 459 g/mol. The summed E-state index contributed by atoms with van der Waals surface area (Å²) in [6.45, 7) is 14.8. The molecule has 0 fully saturated rings. The average Bonchev–Trinajstić information content (AvgIpc) is 2.70. The number of methoxy groups -OCH3 is 2. The maximum atomic E-state index is 13.2. The fourth-order valence-corrected chi connectivity index (χ4v) is 3.61. The molecule has 0 saturated heterocycles. The van der Waals surface area contributed by atoms with E-state index in [1.165, 1.54) is 0 Å². The molecule has 0 spiro atoms. The predicted molar refractivity (Wildman–Crippen MR) is 122 cm³/mol. The number of rotatable bonds is 16. The third kappa shape index (κ3) is 11.9. The molecule has 0 aliphatic heterocycles. The molecular formula is C22H37NO7S. The van der Waals surface area contributed by atoms with Crippen molar-refractivity contribution in [2.45, 2.75) is 33.8 Å². The Morgan fingerprint density at radius 3 is 1.84 bits per heavy atom. The fourth-order valence-electron chi connectivity index (χ4n) is 2.36. The van der Waals surface area contributed by atoms with Gasteiger partial charge in [0.05, 0.1) is 31.2 Å². The van der Waals surface area contributed by atoms with E-state index in [-0.39, 0.29) is 49.5 Å². The van der Waals surface area contributed by atoms with Crippen molar-refractivity contribution in [3.8, 4) is 0 Å². The number of carbonyl (C=O) groups is 3. The van der Waals surface area contributed by atoms with E-state index >= 15 is 0 Å². The summed E-state index contributed by atoms with van der Waals surface area (Å²) in [7, 11) is 3.24. The van der Waals surface area contributed by atoms with E-state index < -0.39 is 17.4 Å². The van der Waals surface area contributed by atoms with E-state index in [0.717, 1.165) is 0 Å². The summed E-state index contributed by atoms with van der Waals surface area (Å²) < 4.78 is 20.7. The van der Waals surface area contributed by atoms with E-state index in [0.29, 0.717) is 18.1 Å². The molecule has 1 unspecified atom stereocenters. The van der Waals surface area contributed by atoms with Gasteiger partial charge in [0.25, 0.3) is 0 Å². The summed E-state index contributed by atoms with van der Waals surface area (Å²) in [6.07, 6.45) is -0.0554. The highest BCUT2D eigenvalue weighted by Gasteiger charge is 2.32. The molecule has 0 aliphatic rings. The van der Waals surface area contributed by atoms with Gasteiger partial charge in [-0.1, -0.05) is 27.0 Å². The largest absolute Gasteiger partial charge is 0.460 e. The van der Waals surface area contributed by atoms with E-state index in [1.807, 2.05) is 13.8 Å². The number of thioether (sulfide) groups is 1. The average molecular weight is 460 g/mol. The zero-order valence-corrected chi connectivity index (χ0v) is 20.5. The minimum Gasteiger partial charge on any atom is -0.460 e. The van der Waals surface area contributed by atoms with Crippen LogP contribution in [-0.4, -0.2) is 87.5 Å². The van der Waals surface area contributed by atoms with Gasteiger partial charge in [-0.2, -0.15) is 11.8 Å². The van der Waals surface area contributed by atoms with Crippen molar-refractivity contribution in [2.75, 3.05) is 58.6 Å². The van der Waals surface area contributed by atoms with Gasteiger partial charge in [0.2, 0.25) is 5.91 Å². The Morgan fingerprint density at radius 1 is 0.968 bits per heavy atom. The number of nitrogens with zero attached hydrogens (tertiary/aromatic N) is 1. The van der Waals surface area contributed by atoms with Crippen molar-refractivity contribution in [3.05, 3.63) is 24.3 Å². The molecule has 0 aromatic heterocycles. The smallest absolute Gasteiger partial charge is 0.333 e. The Labute approximate surface area is 190 Å². The van der Waals surface area contributed by atoms with Crippen molar-refractivity contribution in [1.29, 1.82) is 0 Å². The van der Waals surface area contributed by atoms with Crippen LogP contribution in [0.25, 0.3) is 0 Å². The first-order valence-corrected chi connectivity index (χ1v) is 11.2. The third-order valence-corrected chi connectivity index (χ3v) is 5.74. The van der Waals surface area contributed by atoms with Gasteiger partial charge in [0.1, 0.15) is 13.2 Å². The molecule has 31 heavy (non-hydrogen) atoms. The van der Waals surface area contributed by atoms with Gasteiger partial charge in [-0.15, -0.1) is 0 Å². The van der Waals surface area contributed by atoms with Crippen LogP contribution in [0.3, 0.4) is 0 Å². The van der Waals surface area contributed by atoms with Crippen LogP contribution in [0, 0.1) is 5.41 Å². The van der Waals surface area contributed by atoms with E-state index in [1.54, 1.807) is 44.7 Å². The highest BCUT2D eigenvalue weighted by molar-refractivity contribution is 7.99. The van der Waals surface area contributed by atoms with Gasteiger partial charge in [0, 0.05) is 36.9 Å². The lowest BCUT2D eigenvalue weighted by atomic mass is 9.94. The Morgan fingerprint density at radius 2 is 1.45 bits per heavy atom. The van der Waals surface area contributed by atoms with Crippen molar-refractivity contribution in [3.63, 3.8) is 0 Å². The molecule has 0 aromatic carbocycles. The minimum atomic E-state index is -0.688. The molecule has 0 radical (unpaired) electrons. The molecule has 0 heterocycles. The van der Waals surface area contributed by atoms with Crippen molar-refractivity contribution >= 4 is 29.6 Å². The van der Waals surface area contributed by atoms with Crippen LogP contribution in [-0.2, 0) is 33.3 Å². The molecule has 0 aromatic rings. The lowest BCUT2D eigenvalue weighted by Crippen LogP contribution is -2.45. The van der Waals surface area contributed by atoms with Gasteiger partial charge in [-0.05, 0) is 13.8 Å². The maximum Gasteiger partial charge on any atom is 0.333 e. The first kappa shape index (κ1) is 29.2. The molecule has 1 amide bonds. The van der Waals surface area contributed by atoms with Gasteiger partial charge in [-0.25, -0.2) is 9.59 Å². The van der Waals surface area contributed by atoms with Crippen molar-refractivity contribution < 1.29 is 33.3 Å². The van der Waals surface area contributed by atoms with Crippen LogP contribution in [0.15, 0.2) is 24.3 Å². The number of hydrogen-bond donors (Lipinski definition) is 0. The lowest BCUT2D eigenvalue weighted by molar-refractivity contribution is -0.147. The first-order chi connectivity index (χ1) is 14.5. The van der Waals surface area contributed by atoms with Crippen LogP contribution >= 0.6 is 11.8 Å². The van der Waals surface area contributed by atoms with Gasteiger partial charge in [0.15, 0.2) is 0 Å². The van der Waals surface area contributed by atoms with E-state index in [9.17, 15) is 14.4 Å². The highest BCUT2D eigenvalue weighted by atomic mass is 32.2. The molecule has 0 N–H and O–H groups in total. The van der Waals surface area contributed by atoms with Crippen LogP contribution in [0.5, 0.6) is 0 Å². The zero-order chi connectivity index (χ0) is 24.0. The lowest BCUT2D eigenvalue weighted by Gasteiger charge is -2.32. The van der Waals surface area contributed by atoms with Crippen LogP contribution in [0.2, 0.25) is 0 Å². The quantitative estimate of drug-likeness (QED) is 0.257. The Bertz CT molecular complexity index is 601. The Balaban J connectivity index is 4.98.